The van der Waals surface area contributed by atoms with Crippen LogP contribution in [0.25, 0.3) is 0 Å². The Morgan fingerprint density at radius 2 is 1.89 bits per heavy atom. The van der Waals surface area contributed by atoms with Crippen LogP contribution in [0.4, 0.5) is 0 Å². The van der Waals surface area contributed by atoms with Crippen molar-refractivity contribution in [2.45, 2.75) is 76.9 Å². The van der Waals surface area contributed by atoms with Gasteiger partial charge in [-0.3, -0.25) is 14.4 Å². The SMILES string of the molecule is Cn1nc2c(c1CN1CCCC1Cn1nc3c(cc1=O)CCCC3)CCC2. The van der Waals surface area contributed by atoms with E-state index in [1.807, 2.05) is 6.07 Å². The molecule has 2 aliphatic carbocycles. The summed E-state index contributed by atoms with van der Waals surface area (Å²) in [7, 11) is 2.08. The molecule has 1 saturated heterocycles. The van der Waals surface area contributed by atoms with Crippen LogP contribution < -0.4 is 5.56 Å². The molecule has 1 aliphatic heterocycles. The Hall–Kier alpha value is -1.95. The maximum absolute atomic E-state index is 12.6. The van der Waals surface area contributed by atoms with E-state index in [2.05, 4.69) is 16.6 Å². The second-order valence-corrected chi connectivity index (χ2v) is 8.46. The maximum Gasteiger partial charge on any atom is 0.267 e. The van der Waals surface area contributed by atoms with Crippen LogP contribution in [-0.4, -0.2) is 37.0 Å². The molecule has 27 heavy (non-hydrogen) atoms. The molecule has 0 spiro atoms. The molecule has 1 unspecified atom stereocenters. The number of fused-ring (bicyclic) bond motifs is 2. The van der Waals surface area contributed by atoms with Crippen molar-refractivity contribution >= 4 is 0 Å². The lowest BCUT2D eigenvalue weighted by molar-refractivity contribution is 0.210. The number of aromatic nitrogens is 4. The Kier molecular flexibility index (Phi) is 4.38. The van der Waals surface area contributed by atoms with Crippen molar-refractivity contribution in [1.29, 1.82) is 0 Å². The average molecular weight is 367 g/mol. The molecule has 144 valence electrons. The van der Waals surface area contributed by atoms with Gasteiger partial charge in [0, 0.05) is 25.7 Å². The van der Waals surface area contributed by atoms with Crippen LogP contribution in [0.1, 0.15) is 60.3 Å². The summed E-state index contributed by atoms with van der Waals surface area (Å²) in [6.45, 7) is 2.76. The molecule has 0 bridgehead atoms. The van der Waals surface area contributed by atoms with Gasteiger partial charge in [-0.15, -0.1) is 0 Å². The Morgan fingerprint density at radius 3 is 2.81 bits per heavy atom. The number of aryl methyl sites for hydroxylation is 4. The molecular weight excluding hydrogens is 338 g/mol. The monoisotopic (exact) mass is 367 g/mol. The molecule has 6 nitrogen and oxygen atoms in total. The van der Waals surface area contributed by atoms with Crippen LogP contribution in [0.15, 0.2) is 10.9 Å². The highest BCUT2D eigenvalue weighted by Crippen LogP contribution is 2.28. The highest BCUT2D eigenvalue weighted by atomic mass is 16.1. The van der Waals surface area contributed by atoms with Crippen molar-refractivity contribution in [1.82, 2.24) is 24.5 Å². The fourth-order valence-corrected chi connectivity index (χ4v) is 5.22. The van der Waals surface area contributed by atoms with Crippen molar-refractivity contribution in [3.63, 3.8) is 0 Å². The van der Waals surface area contributed by atoms with Crippen molar-refractivity contribution in [3.05, 3.63) is 44.6 Å². The van der Waals surface area contributed by atoms with E-state index < -0.39 is 0 Å². The van der Waals surface area contributed by atoms with Gasteiger partial charge in [0.05, 0.1) is 23.6 Å². The first-order valence-corrected chi connectivity index (χ1v) is 10.6. The molecule has 3 aliphatic rings. The van der Waals surface area contributed by atoms with E-state index in [1.165, 1.54) is 54.6 Å². The molecule has 0 N–H and O–H groups in total. The summed E-state index contributed by atoms with van der Waals surface area (Å²) in [5.74, 6) is 0. The molecule has 0 radical (unpaired) electrons. The molecule has 0 saturated carbocycles. The largest absolute Gasteiger partial charge is 0.293 e. The lowest BCUT2D eigenvalue weighted by Gasteiger charge is -2.26. The molecule has 0 amide bonds. The standard InChI is InChI=1S/C21H29N5O/c1-24-20(17-8-4-10-19(17)22-24)14-25-11-5-7-16(25)13-26-21(27)12-15-6-2-3-9-18(15)23-26/h12,16H,2-11,13-14H2,1H3. The number of nitrogens with zero attached hydrogens (tertiary/aromatic N) is 5. The number of rotatable bonds is 4. The highest BCUT2D eigenvalue weighted by Gasteiger charge is 2.29. The summed E-state index contributed by atoms with van der Waals surface area (Å²) in [5.41, 5.74) is 6.55. The maximum atomic E-state index is 12.6. The molecule has 2 aromatic heterocycles. The zero-order valence-electron chi connectivity index (χ0n) is 16.3. The van der Waals surface area contributed by atoms with Gasteiger partial charge in [0.1, 0.15) is 0 Å². The second kappa shape index (κ2) is 6.89. The van der Waals surface area contributed by atoms with Crippen LogP contribution >= 0.6 is 0 Å². The third kappa shape index (κ3) is 3.14. The van der Waals surface area contributed by atoms with E-state index in [0.717, 1.165) is 44.5 Å². The third-order valence-electron chi connectivity index (χ3n) is 6.71. The summed E-state index contributed by atoms with van der Waals surface area (Å²) in [4.78, 5) is 15.1. The van der Waals surface area contributed by atoms with Gasteiger partial charge in [-0.25, -0.2) is 4.68 Å². The minimum Gasteiger partial charge on any atom is -0.293 e. The van der Waals surface area contributed by atoms with E-state index in [9.17, 15) is 4.79 Å². The first-order valence-electron chi connectivity index (χ1n) is 10.6. The molecule has 2 aromatic rings. The minimum atomic E-state index is 0.0731. The normalized spacial score (nSPS) is 22.2. The first-order chi connectivity index (χ1) is 13.2. The van der Waals surface area contributed by atoms with Gasteiger partial charge in [-0.2, -0.15) is 10.2 Å². The van der Waals surface area contributed by atoms with Gasteiger partial charge in [0.25, 0.3) is 5.56 Å². The summed E-state index contributed by atoms with van der Waals surface area (Å²) in [5, 5.41) is 9.47. The Labute approximate surface area is 160 Å². The van der Waals surface area contributed by atoms with Gasteiger partial charge in [-0.1, -0.05) is 0 Å². The zero-order valence-corrected chi connectivity index (χ0v) is 16.3. The molecule has 0 aromatic carbocycles. The smallest absolute Gasteiger partial charge is 0.267 e. The topological polar surface area (TPSA) is 56.0 Å². The van der Waals surface area contributed by atoms with Gasteiger partial charge < -0.3 is 0 Å². The molecular formula is C21H29N5O. The molecule has 1 atom stereocenters. The van der Waals surface area contributed by atoms with Gasteiger partial charge >= 0.3 is 0 Å². The summed E-state index contributed by atoms with van der Waals surface area (Å²) in [6, 6.07) is 2.23. The summed E-state index contributed by atoms with van der Waals surface area (Å²) >= 11 is 0. The van der Waals surface area contributed by atoms with Crippen LogP contribution in [-0.2, 0) is 45.8 Å². The number of hydrogen-bond acceptors (Lipinski definition) is 4. The Bertz CT molecular complexity index is 912. The van der Waals surface area contributed by atoms with E-state index in [1.54, 1.807) is 4.68 Å². The minimum absolute atomic E-state index is 0.0731. The van der Waals surface area contributed by atoms with E-state index in [4.69, 9.17) is 10.2 Å². The van der Waals surface area contributed by atoms with E-state index >= 15 is 0 Å². The molecule has 3 heterocycles. The average Bonchev–Trinajstić information content (AvgIpc) is 3.35. The van der Waals surface area contributed by atoms with Crippen LogP contribution in [0, 0.1) is 0 Å². The lowest BCUT2D eigenvalue weighted by atomic mass is 9.97. The molecule has 6 heteroatoms. The van der Waals surface area contributed by atoms with Crippen molar-refractivity contribution in [3.8, 4) is 0 Å². The van der Waals surface area contributed by atoms with Crippen LogP contribution in [0.2, 0.25) is 0 Å². The van der Waals surface area contributed by atoms with E-state index in [0.29, 0.717) is 12.6 Å². The second-order valence-electron chi connectivity index (χ2n) is 8.46. The molecule has 1 fully saturated rings. The van der Waals surface area contributed by atoms with Crippen LogP contribution in [0.3, 0.4) is 0 Å². The van der Waals surface area contributed by atoms with Gasteiger partial charge in [0.15, 0.2) is 0 Å². The summed E-state index contributed by atoms with van der Waals surface area (Å²) in [6.07, 6.45) is 10.3. The van der Waals surface area contributed by atoms with Crippen molar-refractivity contribution in [2.24, 2.45) is 7.05 Å². The van der Waals surface area contributed by atoms with Gasteiger partial charge in [0.2, 0.25) is 0 Å². The third-order valence-corrected chi connectivity index (χ3v) is 6.71. The number of likely N-dealkylation sites (tertiary alicyclic amines) is 1. The fourth-order valence-electron chi connectivity index (χ4n) is 5.22. The van der Waals surface area contributed by atoms with Crippen molar-refractivity contribution in [2.75, 3.05) is 6.54 Å². The Balaban J connectivity index is 1.36. The predicted octanol–water partition coefficient (Wildman–Crippen LogP) is 2.01. The van der Waals surface area contributed by atoms with Crippen LogP contribution in [0.5, 0.6) is 0 Å². The first kappa shape index (κ1) is 17.2. The lowest BCUT2D eigenvalue weighted by Crippen LogP contribution is -2.38. The summed E-state index contributed by atoms with van der Waals surface area (Å²) < 4.78 is 3.82. The fraction of sp³-hybridized carbons (Fsp3) is 0.667. The van der Waals surface area contributed by atoms with Crippen molar-refractivity contribution < 1.29 is 0 Å². The zero-order chi connectivity index (χ0) is 18.4. The van der Waals surface area contributed by atoms with E-state index in [-0.39, 0.29) is 5.56 Å². The van der Waals surface area contributed by atoms with Gasteiger partial charge in [-0.05, 0) is 75.5 Å². The molecule has 5 rings (SSSR count). The quantitative estimate of drug-likeness (QED) is 0.830. The highest BCUT2D eigenvalue weighted by molar-refractivity contribution is 5.30. The predicted molar refractivity (Wildman–Crippen MR) is 104 cm³/mol. The number of hydrogen-bond donors (Lipinski definition) is 0. The Morgan fingerprint density at radius 1 is 1.04 bits per heavy atom.